The van der Waals surface area contributed by atoms with Gasteiger partial charge in [-0.05, 0) is 42.0 Å². The lowest BCUT2D eigenvalue weighted by atomic mass is 10.1. The van der Waals surface area contributed by atoms with Crippen LogP contribution in [-0.4, -0.2) is 18.0 Å². The molecular formula is C23H18N2O2S. The Kier molecular flexibility index (Phi) is 5.17. The summed E-state index contributed by atoms with van der Waals surface area (Å²) in [7, 11) is 1.62. The lowest BCUT2D eigenvalue weighted by molar-refractivity contribution is -0.111. The number of anilines is 1. The van der Waals surface area contributed by atoms with Crippen molar-refractivity contribution in [3.8, 4) is 16.3 Å². The number of methoxy groups -OCH3 is 1. The molecule has 0 aliphatic carbocycles. The van der Waals surface area contributed by atoms with E-state index in [-0.39, 0.29) is 5.91 Å². The van der Waals surface area contributed by atoms with Crippen molar-refractivity contribution in [2.24, 2.45) is 0 Å². The van der Waals surface area contributed by atoms with Gasteiger partial charge in [0.1, 0.15) is 10.8 Å². The maximum atomic E-state index is 12.4. The van der Waals surface area contributed by atoms with Crippen molar-refractivity contribution < 1.29 is 9.53 Å². The normalized spacial score (nSPS) is 11.0. The summed E-state index contributed by atoms with van der Waals surface area (Å²) in [5.41, 5.74) is 3.44. The summed E-state index contributed by atoms with van der Waals surface area (Å²) < 4.78 is 6.46. The molecule has 0 saturated carbocycles. The third kappa shape index (κ3) is 3.94. The Bertz CT molecular complexity index is 1120. The maximum absolute atomic E-state index is 12.4. The molecule has 0 radical (unpaired) electrons. The van der Waals surface area contributed by atoms with Crippen molar-refractivity contribution in [3.63, 3.8) is 0 Å². The van der Waals surface area contributed by atoms with Crippen molar-refractivity contribution in [2.45, 2.75) is 0 Å². The van der Waals surface area contributed by atoms with E-state index in [0.717, 1.165) is 26.4 Å². The second-order valence-electron chi connectivity index (χ2n) is 6.13. The molecule has 0 fully saturated rings. The van der Waals surface area contributed by atoms with Gasteiger partial charge in [0, 0.05) is 11.6 Å². The number of nitrogens with one attached hydrogen (secondary N) is 1. The number of amides is 1. The molecular weight excluding hydrogens is 368 g/mol. The number of thiazole rings is 1. The minimum absolute atomic E-state index is 0.198. The zero-order valence-corrected chi connectivity index (χ0v) is 16.1. The Morgan fingerprint density at radius 3 is 2.61 bits per heavy atom. The number of benzene rings is 3. The largest absolute Gasteiger partial charge is 0.497 e. The van der Waals surface area contributed by atoms with Crippen LogP contribution in [-0.2, 0) is 4.79 Å². The third-order valence-electron chi connectivity index (χ3n) is 4.24. The molecule has 0 unspecified atom stereocenters. The van der Waals surface area contributed by atoms with E-state index < -0.39 is 0 Å². The molecule has 3 aromatic carbocycles. The van der Waals surface area contributed by atoms with Gasteiger partial charge in [0.05, 0.1) is 23.0 Å². The van der Waals surface area contributed by atoms with Gasteiger partial charge >= 0.3 is 0 Å². The molecule has 1 N–H and O–H groups in total. The summed E-state index contributed by atoms with van der Waals surface area (Å²) in [6, 6.07) is 23.3. The van der Waals surface area contributed by atoms with Gasteiger partial charge < -0.3 is 10.1 Å². The highest BCUT2D eigenvalue weighted by Crippen LogP contribution is 2.36. The lowest BCUT2D eigenvalue weighted by Crippen LogP contribution is -2.08. The van der Waals surface area contributed by atoms with Crippen LogP contribution >= 0.6 is 11.3 Å². The number of fused-ring (bicyclic) bond motifs is 1. The summed E-state index contributed by atoms with van der Waals surface area (Å²) in [6.07, 6.45) is 3.32. The molecule has 0 atom stereocenters. The minimum Gasteiger partial charge on any atom is -0.497 e. The van der Waals surface area contributed by atoms with Gasteiger partial charge in [-0.1, -0.05) is 42.5 Å². The summed E-state index contributed by atoms with van der Waals surface area (Å²) in [5, 5.41) is 3.80. The van der Waals surface area contributed by atoms with Gasteiger partial charge in [0.15, 0.2) is 0 Å². The Morgan fingerprint density at radius 1 is 1.04 bits per heavy atom. The van der Waals surface area contributed by atoms with Crippen molar-refractivity contribution in [3.05, 3.63) is 84.4 Å². The van der Waals surface area contributed by atoms with Crippen LogP contribution in [0.4, 0.5) is 5.69 Å². The van der Waals surface area contributed by atoms with Gasteiger partial charge in [0.25, 0.3) is 0 Å². The predicted molar refractivity (Wildman–Crippen MR) is 116 cm³/mol. The maximum Gasteiger partial charge on any atom is 0.248 e. The molecule has 4 nitrogen and oxygen atoms in total. The first kappa shape index (κ1) is 17.9. The lowest BCUT2D eigenvalue weighted by Gasteiger charge is -2.10. The SMILES string of the molecule is COc1ccc(NC(=O)C=Cc2ccccc2)c(-c2nc3ccccc3s2)c1. The van der Waals surface area contributed by atoms with Crippen molar-refractivity contribution in [2.75, 3.05) is 12.4 Å². The zero-order valence-electron chi connectivity index (χ0n) is 15.3. The van der Waals surface area contributed by atoms with Gasteiger partial charge in [0.2, 0.25) is 5.91 Å². The summed E-state index contributed by atoms with van der Waals surface area (Å²) in [5.74, 6) is 0.517. The highest BCUT2D eigenvalue weighted by atomic mass is 32.1. The van der Waals surface area contributed by atoms with Crippen molar-refractivity contribution in [1.82, 2.24) is 4.98 Å². The van der Waals surface area contributed by atoms with Gasteiger partial charge in [-0.25, -0.2) is 4.98 Å². The number of hydrogen-bond acceptors (Lipinski definition) is 4. The van der Waals surface area contributed by atoms with Crippen LogP contribution in [0, 0.1) is 0 Å². The van der Waals surface area contributed by atoms with Crippen molar-refractivity contribution in [1.29, 1.82) is 0 Å². The smallest absolute Gasteiger partial charge is 0.248 e. The second-order valence-corrected chi connectivity index (χ2v) is 7.16. The number of ether oxygens (including phenoxy) is 1. The van der Waals surface area contributed by atoms with E-state index in [9.17, 15) is 4.79 Å². The highest BCUT2D eigenvalue weighted by molar-refractivity contribution is 7.21. The molecule has 28 heavy (non-hydrogen) atoms. The first-order valence-corrected chi connectivity index (χ1v) is 9.63. The summed E-state index contributed by atoms with van der Waals surface area (Å²) in [6.45, 7) is 0. The Hall–Kier alpha value is -3.44. The molecule has 0 bridgehead atoms. The van der Waals surface area contributed by atoms with Crippen LogP contribution in [0.1, 0.15) is 5.56 Å². The van der Waals surface area contributed by atoms with E-state index >= 15 is 0 Å². The van der Waals surface area contributed by atoms with E-state index in [1.165, 1.54) is 6.08 Å². The Balaban J connectivity index is 1.65. The monoisotopic (exact) mass is 386 g/mol. The molecule has 1 aromatic heterocycles. The predicted octanol–water partition coefficient (Wildman–Crippen LogP) is 5.62. The number of nitrogens with zero attached hydrogens (tertiary/aromatic N) is 1. The molecule has 1 heterocycles. The molecule has 0 aliphatic rings. The molecule has 0 spiro atoms. The third-order valence-corrected chi connectivity index (χ3v) is 5.31. The molecule has 138 valence electrons. The molecule has 4 rings (SSSR count). The van der Waals surface area contributed by atoms with E-state index in [0.29, 0.717) is 11.4 Å². The number of aromatic nitrogens is 1. The molecule has 5 heteroatoms. The second kappa shape index (κ2) is 8.06. The Morgan fingerprint density at radius 2 is 1.82 bits per heavy atom. The Labute approximate surface area is 167 Å². The topological polar surface area (TPSA) is 51.2 Å². The average Bonchev–Trinajstić information content (AvgIpc) is 3.17. The number of carbonyl (C=O) groups excluding carboxylic acids is 1. The fourth-order valence-corrected chi connectivity index (χ4v) is 3.83. The van der Waals surface area contributed by atoms with Crippen LogP contribution in [0.25, 0.3) is 26.9 Å². The van der Waals surface area contributed by atoms with Gasteiger partial charge in [-0.3, -0.25) is 4.79 Å². The van der Waals surface area contributed by atoms with Crippen molar-refractivity contribution >= 4 is 39.2 Å². The highest BCUT2D eigenvalue weighted by Gasteiger charge is 2.13. The van der Waals surface area contributed by atoms with Crippen LogP contribution in [0.2, 0.25) is 0 Å². The minimum atomic E-state index is -0.198. The zero-order chi connectivity index (χ0) is 19.3. The summed E-state index contributed by atoms with van der Waals surface area (Å²) in [4.78, 5) is 17.2. The number of hydrogen-bond donors (Lipinski definition) is 1. The fourth-order valence-electron chi connectivity index (χ4n) is 2.83. The quantitative estimate of drug-likeness (QED) is 0.453. The molecule has 0 saturated heterocycles. The first-order valence-electron chi connectivity index (χ1n) is 8.81. The van der Waals surface area contributed by atoms with Gasteiger partial charge in [-0.15, -0.1) is 11.3 Å². The van der Waals surface area contributed by atoms with Crippen LogP contribution in [0.15, 0.2) is 78.9 Å². The molecule has 0 aliphatic heterocycles. The van der Waals surface area contributed by atoms with Crippen LogP contribution in [0.5, 0.6) is 5.75 Å². The molecule has 4 aromatic rings. The number of rotatable bonds is 5. The number of para-hydroxylation sites is 1. The number of carbonyl (C=O) groups is 1. The fraction of sp³-hybridized carbons (Fsp3) is 0.0435. The van der Waals surface area contributed by atoms with Gasteiger partial charge in [-0.2, -0.15) is 0 Å². The van der Waals surface area contributed by atoms with E-state index in [1.807, 2.05) is 72.8 Å². The average molecular weight is 386 g/mol. The van der Waals surface area contributed by atoms with Crippen LogP contribution < -0.4 is 10.1 Å². The van der Waals surface area contributed by atoms with E-state index in [4.69, 9.17) is 9.72 Å². The van der Waals surface area contributed by atoms with E-state index in [2.05, 4.69) is 5.32 Å². The summed E-state index contributed by atoms with van der Waals surface area (Å²) >= 11 is 1.59. The van der Waals surface area contributed by atoms with Crippen LogP contribution in [0.3, 0.4) is 0 Å². The van der Waals surface area contributed by atoms with E-state index in [1.54, 1.807) is 24.5 Å². The molecule has 1 amide bonds. The standard InChI is InChI=1S/C23H18N2O2S/c1-27-17-12-13-19(24-22(26)14-11-16-7-3-2-4-8-16)18(15-17)23-25-20-9-5-6-10-21(20)28-23/h2-15H,1H3,(H,24,26). The first-order chi connectivity index (χ1) is 13.7.